The largest absolute Gasteiger partial charge is 0.312 e. The van der Waals surface area contributed by atoms with Gasteiger partial charge in [-0.2, -0.15) is 11.8 Å². The molecule has 1 aliphatic carbocycles. The van der Waals surface area contributed by atoms with Crippen LogP contribution < -0.4 is 5.32 Å². The Kier molecular flexibility index (Phi) is 6.19. The van der Waals surface area contributed by atoms with Crippen molar-refractivity contribution in [2.75, 3.05) is 12.8 Å². The first-order valence-corrected chi connectivity index (χ1v) is 9.42. The van der Waals surface area contributed by atoms with Crippen LogP contribution in [0.3, 0.4) is 0 Å². The molecule has 1 N–H and O–H groups in total. The van der Waals surface area contributed by atoms with Gasteiger partial charge in [0.2, 0.25) is 0 Å². The molecule has 0 bridgehead atoms. The molecule has 3 unspecified atom stereocenters. The van der Waals surface area contributed by atoms with Gasteiger partial charge in [-0.1, -0.05) is 37.5 Å². The molecule has 1 aliphatic rings. The minimum absolute atomic E-state index is 0.479. The molecule has 0 spiro atoms. The maximum Gasteiger partial charge on any atom is 0.0414 e. The number of rotatable bonds is 5. The third kappa shape index (κ3) is 4.50. The van der Waals surface area contributed by atoms with Crippen molar-refractivity contribution in [1.29, 1.82) is 0 Å². The van der Waals surface area contributed by atoms with Gasteiger partial charge < -0.3 is 5.32 Å². The summed E-state index contributed by atoms with van der Waals surface area (Å²) in [5.74, 6) is 2.12. The predicted molar refractivity (Wildman–Crippen MR) is 96.3 cm³/mol. The van der Waals surface area contributed by atoms with Crippen LogP contribution >= 0.6 is 11.8 Å². The highest BCUT2D eigenvalue weighted by Gasteiger charge is 2.22. The fourth-order valence-corrected chi connectivity index (χ4v) is 5.41. The van der Waals surface area contributed by atoms with Gasteiger partial charge in [0.15, 0.2) is 0 Å². The van der Waals surface area contributed by atoms with E-state index in [1.54, 1.807) is 0 Å². The van der Waals surface area contributed by atoms with Crippen molar-refractivity contribution < 1.29 is 0 Å². The first-order chi connectivity index (χ1) is 10.0. The molecule has 2 heteroatoms. The highest BCUT2D eigenvalue weighted by Crippen LogP contribution is 2.35. The molecule has 1 aromatic rings. The summed E-state index contributed by atoms with van der Waals surface area (Å²) in [6.45, 7) is 9.12. The molecule has 0 heterocycles. The Balaban J connectivity index is 2.03. The van der Waals surface area contributed by atoms with Crippen LogP contribution in [0.15, 0.2) is 12.1 Å². The van der Waals surface area contributed by atoms with Crippen LogP contribution in [0.25, 0.3) is 0 Å². The van der Waals surface area contributed by atoms with E-state index in [0.29, 0.717) is 6.04 Å². The molecule has 0 saturated heterocycles. The first kappa shape index (κ1) is 16.9. The van der Waals surface area contributed by atoms with Gasteiger partial charge in [-0.15, -0.1) is 0 Å². The van der Waals surface area contributed by atoms with Crippen LogP contribution in [0.5, 0.6) is 0 Å². The summed E-state index contributed by atoms with van der Waals surface area (Å²) in [6, 6.07) is 5.12. The first-order valence-electron chi connectivity index (χ1n) is 8.38. The number of hydrogen-bond donors (Lipinski definition) is 1. The lowest BCUT2D eigenvalue weighted by Gasteiger charge is -2.28. The molecular weight excluding hydrogens is 274 g/mol. The van der Waals surface area contributed by atoms with Gasteiger partial charge in [0, 0.05) is 17.0 Å². The van der Waals surface area contributed by atoms with E-state index in [9.17, 15) is 0 Å². The van der Waals surface area contributed by atoms with E-state index in [2.05, 4.69) is 64.0 Å². The van der Waals surface area contributed by atoms with Crippen molar-refractivity contribution in [3.63, 3.8) is 0 Å². The number of aryl methyl sites for hydroxylation is 3. The van der Waals surface area contributed by atoms with Crippen LogP contribution in [-0.2, 0) is 0 Å². The third-order valence-corrected chi connectivity index (χ3v) is 6.25. The summed E-state index contributed by atoms with van der Waals surface area (Å²) in [4.78, 5) is 0. The Morgan fingerprint density at radius 2 is 1.86 bits per heavy atom. The van der Waals surface area contributed by atoms with Crippen LogP contribution in [0.4, 0.5) is 0 Å². The van der Waals surface area contributed by atoms with Gasteiger partial charge in [0.1, 0.15) is 0 Å². The molecule has 1 nitrogen and oxygen atoms in total. The summed E-state index contributed by atoms with van der Waals surface area (Å²) >= 11 is 2.19. The topological polar surface area (TPSA) is 12.0 Å². The molecule has 21 heavy (non-hydrogen) atoms. The van der Waals surface area contributed by atoms with Crippen molar-refractivity contribution in [2.24, 2.45) is 5.92 Å². The summed E-state index contributed by atoms with van der Waals surface area (Å²) in [7, 11) is 2.10. The predicted octanol–water partition coefficient (Wildman–Crippen LogP) is 5.18. The standard InChI is InChI=1S/C19H31NS/c1-13-7-6-8-17(11-13)21-12-18(20-5)19-15(3)9-14(2)10-16(19)4/h9-10,13,17-18,20H,6-8,11-12H2,1-5H3. The fourth-order valence-electron chi connectivity index (χ4n) is 3.81. The zero-order chi connectivity index (χ0) is 15.4. The Morgan fingerprint density at radius 3 is 2.43 bits per heavy atom. The lowest BCUT2D eigenvalue weighted by atomic mass is 9.90. The number of hydrogen-bond acceptors (Lipinski definition) is 2. The van der Waals surface area contributed by atoms with Crippen molar-refractivity contribution in [2.45, 2.75) is 64.7 Å². The van der Waals surface area contributed by atoms with Gasteiger partial charge in [-0.25, -0.2) is 0 Å². The Labute approximate surface area is 135 Å². The van der Waals surface area contributed by atoms with Crippen LogP contribution in [0.1, 0.15) is 60.9 Å². The number of nitrogens with one attached hydrogen (secondary N) is 1. The smallest absolute Gasteiger partial charge is 0.0414 e. The molecule has 118 valence electrons. The molecule has 1 aromatic carbocycles. The molecular formula is C19H31NS. The van der Waals surface area contributed by atoms with Gasteiger partial charge >= 0.3 is 0 Å². The quantitative estimate of drug-likeness (QED) is 0.804. The van der Waals surface area contributed by atoms with E-state index < -0.39 is 0 Å². The van der Waals surface area contributed by atoms with E-state index in [-0.39, 0.29) is 0 Å². The molecule has 0 amide bonds. The maximum absolute atomic E-state index is 3.55. The minimum Gasteiger partial charge on any atom is -0.312 e. The normalized spacial score (nSPS) is 24.0. The second kappa shape index (κ2) is 7.69. The zero-order valence-corrected chi connectivity index (χ0v) is 15.1. The fraction of sp³-hybridized carbons (Fsp3) is 0.684. The second-order valence-electron chi connectivity index (χ2n) is 6.88. The SMILES string of the molecule is CNC(CSC1CCCC(C)C1)c1c(C)cc(C)cc1C. The molecule has 1 saturated carbocycles. The van der Waals surface area contributed by atoms with Crippen LogP contribution in [0.2, 0.25) is 0 Å². The molecule has 1 fully saturated rings. The Hall–Kier alpha value is -0.470. The van der Waals surface area contributed by atoms with Gasteiger partial charge in [0.25, 0.3) is 0 Å². The summed E-state index contributed by atoms with van der Waals surface area (Å²) in [6.07, 6.45) is 5.68. The zero-order valence-electron chi connectivity index (χ0n) is 14.3. The second-order valence-corrected chi connectivity index (χ2v) is 8.21. The van der Waals surface area contributed by atoms with Gasteiger partial charge in [0.05, 0.1) is 0 Å². The summed E-state index contributed by atoms with van der Waals surface area (Å²) < 4.78 is 0. The highest BCUT2D eigenvalue weighted by atomic mass is 32.2. The van der Waals surface area contributed by atoms with Crippen LogP contribution in [0, 0.1) is 26.7 Å². The highest BCUT2D eigenvalue weighted by molar-refractivity contribution is 7.99. The molecule has 0 radical (unpaired) electrons. The molecule has 0 aliphatic heterocycles. The lowest BCUT2D eigenvalue weighted by molar-refractivity contribution is 0.394. The van der Waals surface area contributed by atoms with Crippen molar-refractivity contribution in [3.8, 4) is 0 Å². The molecule has 0 aromatic heterocycles. The maximum atomic E-state index is 3.55. The van der Waals surface area contributed by atoms with E-state index in [4.69, 9.17) is 0 Å². The number of thioether (sulfide) groups is 1. The molecule has 3 atom stereocenters. The van der Waals surface area contributed by atoms with Crippen molar-refractivity contribution in [1.82, 2.24) is 5.32 Å². The minimum atomic E-state index is 0.479. The average molecular weight is 306 g/mol. The van der Waals surface area contributed by atoms with Crippen LogP contribution in [-0.4, -0.2) is 18.1 Å². The van der Waals surface area contributed by atoms with E-state index in [1.165, 1.54) is 53.7 Å². The third-order valence-electron chi connectivity index (χ3n) is 4.82. The summed E-state index contributed by atoms with van der Waals surface area (Å²) in [5.41, 5.74) is 5.76. The van der Waals surface area contributed by atoms with Crippen molar-refractivity contribution in [3.05, 3.63) is 34.4 Å². The Bertz CT molecular complexity index is 446. The van der Waals surface area contributed by atoms with Gasteiger partial charge in [-0.3, -0.25) is 0 Å². The number of benzene rings is 1. The van der Waals surface area contributed by atoms with Crippen molar-refractivity contribution >= 4 is 11.8 Å². The molecule has 2 rings (SSSR count). The monoisotopic (exact) mass is 305 g/mol. The van der Waals surface area contributed by atoms with E-state index in [1.807, 2.05) is 0 Å². The summed E-state index contributed by atoms with van der Waals surface area (Å²) in [5, 5.41) is 4.42. The van der Waals surface area contributed by atoms with Gasteiger partial charge in [-0.05, 0) is 63.3 Å². The Morgan fingerprint density at radius 1 is 1.19 bits per heavy atom. The van der Waals surface area contributed by atoms with E-state index >= 15 is 0 Å². The lowest BCUT2D eigenvalue weighted by Crippen LogP contribution is -2.23. The van der Waals surface area contributed by atoms with E-state index in [0.717, 1.165) is 11.2 Å². The average Bonchev–Trinajstić information content (AvgIpc) is 2.41.